The van der Waals surface area contributed by atoms with Crippen LogP contribution in [0.2, 0.25) is 5.02 Å². The molecule has 2 aliphatic rings. The third-order valence-electron chi connectivity index (χ3n) is 4.67. The minimum Gasteiger partial charge on any atom is -0.356 e. The molecular weight excluding hydrogens is 378 g/mol. The Hall–Kier alpha value is -2.73. The summed E-state index contributed by atoms with van der Waals surface area (Å²) in [5.74, 6) is -0.757. The number of carbonyl (C=O) groups is 3. The number of urea groups is 1. The molecule has 1 heterocycles. The zero-order valence-electron chi connectivity index (χ0n) is 15.4. The monoisotopic (exact) mass is 399 g/mol. The van der Waals surface area contributed by atoms with Crippen molar-refractivity contribution in [2.24, 2.45) is 10.9 Å². The largest absolute Gasteiger partial charge is 0.356 e. The van der Waals surface area contributed by atoms with Crippen molar-refractivity contribution in [3.05, 3.63) is 59.2 Å². The van der Waals surface area contributed by atoms with Crippen molar-refractivity contribution in [2.45, 2.75) is 25.7 Å². The fraction of sp³-hybridized carbons (Fsp3) is 0.333. The van der Waals surface area contributed by atoms with Crippen LogP contribution in [0.25, 0.3) is 0 Å². The lowest BCUT2D eigenvalue weighted by molar-refractivity contribution is -0.129. The Labute approximate surface area is 169 Å². The Bertz CT molecular complexity index is 843. The van der Waals surface area contributed by atoms with E-state index in [2.05, 4.69) is 10.3 Å². The number of imide groups is 1. The molecule has 3 rings (SSSR count). The summed E-state index contributed by atoms with van der Waals surface area (Å²) in [6.45, 7) is 0.836. The molecule has 146 valence electrons. The van der Waals surface area contributed by atoms with E-state index in [4.69, 9.17) is 11.6 Å². The van der Waals surface area contributed by atoms with Gasteiger partial charge in [-0.1, -0.05) is 42.0 Å². The molecule has 1 aromatic rings. The number of hydrogen-bond donors (Lipinski definition) is 1. The highest BCUT2D eigenvalue weighted by Gasteiger charge is 2.35. The van der Waals surface area contributed by atoms with Crippen LogP contribution < -0.4 is 5.32 Å². The fourth-order valence-corrected chi connectivity index (χ4v) is 3.25. The molecule has 1 N–H and O–H groups in total. The minimum atomic E-state index is -0.524. The summed E-state index contributed by atoms with van der Waals surface area (Å²) in [7, 11) is 0. The first-order valence-corrected chi connectivity index (χ1v) is 9.72. The van der Waals surface area contributed by atoms with Gasteiger partial charge in [-0.25, -0.2) is 4.79 Å². The van der Waals surface area contributed by atoms with Crippen molar-refractivity contribution in [1.82, 2.24) is 10.2 Å². The van der Waals surface area contributed by atoms with Gasteiger partial charge in [0, 0.05) is 24.5 Å². The average Bonchev–Trinajstić information content (AvgIpc) is 2.69. The number of fused-ring (bicyclic) bond motifs is 1. The van der Waals surface area contributed by atoms with E-state index >= 15 is 0 Å². The van der Waals surface area contributed by atoms with Gasteiger partial charge in [-0.2, -0.15) is 4.99 Å². The van der Waals surface area contributed by atoms with Gasteiger partial charge in [-0.15, -0.1) is 0 Å². The van der Waals surface area contributed by atoms with Crippen molar-refractivity contribution in [3.63, 3.8) is 0 Å². The number of aliphatic imine (C=N–C) groups is 1. The fourth-order valence-electron chi connectivity index (χ4n) is 3.13. The second kappa shape index (κ2) is 9.46. The average molecular weight is 400 g/mol. The molecule has 0 spiro atoms. The van der Waals surface area contributed by atoms with Gasteiger partial charge in [-0.05, 0) is 43.0 Å². The Kier molecular flexibility index (Phi) is 6.76. The van der Waals surface area contributed by atoms with Crippen molar-refractivity contribution in [1.29, 1.82) is 0 Å². The zero-order valence-corrected chi connectivity index (χ0v) is 16.2. The van der Waals surface area contributed by atoms with Crippen LogP contribution in [0.3, 0.4) is 0 Å². The summed E-state index contributed by atoms with van der Waals surface area (Å²) < 4.78 is 0. The number of rotatable bonds is 8. The van der Waals surface area contributed by atoms with Crippen LogP contribution >= 0.6 is 11.6 Å². The Morgan fingerprint density at radius 3 is 2.71 bits per heavy atom. The van der Waals surface area contributed by atoms with Crippen molar-refractivity contribution in [2.75, 3.05) is 13.1 Å². The molecule has 28 heavy (non-hydrogen) atoms. The molecule has 1 unspecified atom stereocenters. The van der Waals surface area contributed by atoms with Gasteiger partial charge in [0.25, 0.3) is 0 Å². The SMILES string of the molecule is O=C(CCCCN1C(=O)N=C2C=CC=CC2C1=O)NCCc1ccc(Cl)cc1. The Morgan fingerprint density at radius 2 is 1.93 bits per heavy atom. The number of unbranched alkanes of at least 4 members (excludes halogenated alkanes) is 1. The van der Waals surface area contributed by atoms with E-state index in [1.165, 1.54) is 4.90 Å². The molecular formula is C21H22ClN3O3. The summed E-state index contributed by atoms with van der Waals surface area (Å²) in [5.41, 5.74) is 1.60. The normalized spacial score (nSPS) is 18.1. The van der Waals surface area contributed by atoms with Crippen LogP contribution in [-0.2, 0) is 16.0 Å². The van der Waals surface area contributed by atoms with E-state index in [0.717, 1.165) is 12.0 Å². The summed E-state index contributed by atoms with van der Waals surface area (Å²) in [4.78, 5) is 41.6. The number of hydrogen-bond acceptors (Lipinski definition) is 3. The molecule has 1 aromatic carbocycles. The first-order chi connectivity index (χ1) is 13.5. The quantitative estimate of drug-likeness (QED) is 0.681. The van der Waals surface area contributed by atoms with E-state index in [9.17, 15) is 14.4 Å². The first-order valence-electron chi connectivity index (χ1n) is 9.34. The maximum absolute atomic E-state index is 12.4. The molecule has 0 bridgehead atoms. The summed E-state index contributed by atoms with van der Waals surface area (Å²) in [6.07, 6.45) is 9.24. The number of amides is 4. The van der Waals surface area contributed by atoms with Gasteiger partial charge in [0.15, 0.2) is 0 Å². The van der Waals surface area contributed by atoms with E-state index in [1.54, 1.807) is 24.3 Å². The van der Waals surface area contributed by atoms with Gasteiger partial charge < -0.3 is 5.32 Å². The Morgan fingerprint density at radius 1 is 1.14 bits per heavy atom. The van der Waals surface area contributed by atoms with Crippen molar-refractivity contribution >= 4 is 35.2 Å². The van der Waals surface area contributed by atoms with Crippen LogP contribution in [0.5, 0.6) is 0 Å². The van der Waals surface area contributed by atoms with Gasteiger partial charge in [-0.3, -0.25) is 14.5 Å². The molecule has 0 radical (unpaired) electrons. The number of carbonyl (C=O) groups excluding carboxylic acids is 3. The molecule has 0 saturated carbocycles. The predicted octanol–water partition coefficient (Wildman–Crippen LogP) is 3.31. The lowest BCUT2D eigenvalue weighted by Gasteiger charge is -2.28. The number of nitrogens with zero attached hydrogens (tertiary/aromatic N) is 2. The lowest BCUT2D eigenvalue weighted by atomic mass is 9.95. The topological polar surface area (TPSA) is 78.8 Å². The van der Waals surface area contributed by atoms with Crippen LogP contribution in [0, 0.1) is 5.92 Å². The Balaban J connectivity index is 1.35. The highest BCUT2D eigenvalue weighted by molar-refractivity contribution is 6.30. The van der Waals surface area contributed by atoms with Gasteiger partial charge in [0.1, 0.15) is 0 Å². The summed E-state index contributed by atoms with van der Waals surface area (Å²) >= 11 is 5.85. The smallest absolute Gasteiger partial charge is 0.350 e. The molecule has 4 amide bonds. The maximum atomic E-state index is 12.4. The molecule has 1 aliphatic heterocycles. The highest BCUT2D eigenvalue weighted by Crippen LogP contribution is 2.20. The molecule has 1 atom stereocenters. The summed E-state index contributed by atoms with van der Waals surface area (Å²) in [5, 5.41) is 3.57. The van der Waals surface area contributed by atoms with Crippen LogP contribution in [0.1, 0.15) is 24.8 Å². The molecule has 0 fully saturated rings. The molecule has 1 aliphatic carbocycles. The number of nitrogens with one attached hydrogen (secondary N) is 1. The van der Waals surface area contributed by atoms with E-state index in [-0.39, 0.29) is 18.4 Å². The maximum Gasteiger partial charge on any atom is 0.350 e. The molecule has 6 nitrogen and oxygen atoms in total. The van der Waals surface area contributed by atoms with Crippen molar-refractivity contribution in [3.8, 4) is 0 Å². The minimum absolute atomic E-state index is 0.0362. The standard InChI is InChI=1S/C21H22ClN3O3/c22-16-10-8-15(9-11-16)12-13-23-19(26)7-3-4-14-25-20(27)17-5-1-2-6-18(17)24-21(25)28/h1-2,5-6,8-11,17H,3-4,7,12-14H2,(H,23,26). The van der Waals surface area contributed by atoms with Gasteiger partial charge in [0.05, 0.1) is 11.6 Å². The van der Waals surface area contributed by atoms with Crippen LogP contribution in [0.4, 0.5) is 4.79 Å². The van der Waals surface area contributed by atoms with Gasteiger partial charge >= 0.3 is 6.03 Å². The van der Waals surface area contributed by atoms with Crippen molar-refractivity contribution < 1.29 is 14.4 Å². The second-order valence-corrected chi connectivity index (χ2v) is 7.15. The number of benzene rings is 1. The predicted molar refractivity (Wildman–Crippen MR) is 108 cm³/mol. The third-order valence-corrected chi connectivity index (χ3v) is 4.92. The van der Waals surface area contributed by atoms with E-state index < -0.39 is 11.9 Å². The van der Waals surface area contributed by atoms with Gasteiger partial charge in [0.2, 0.25) is 11.8 Å². The van der Waals surface area contributed by atoms with E-state index in [1.807, 2.05) is 24.3 Å². The van der Waals surface area contributed by atoms with E-state index in [0.29, 0.717) is 36.5 Å². The third kappa shape index (κ3) is 5.16. The van der Waals surface area contributed by atoms with Crippen LogP contribution in [-0.4, -0.2) is 41.5 Å². The summed E-state index contributed by atoms with van der Waals surface area (Å²) in [6, 6.07) is 7.00. The zero-order chi connectivity index (χ0) is 19.9. The first kappa shape index (κ1) is 20.0. The second-order valence-electron chi connectivity index (χ2n) is 6.71. The highest BCUT2D eigenvalue weighted by atomic mass is 35.5. The molecule has 7 heteroatoms. The lowest BCUT2D eigenvalue weighted by Crippen LogP contribution is -2.46. The number of allylic oxidation sites excluding steroid dienone is 3. The molecule has 0 aromatic heterocycles. The molecule has 0 saturated heterocycles. The van der Waals surface area contributed by atoms with Crippen LogP contribution in [0.15, 0.2) is 53.6 Å². The number of halogens is 1.